The van der Waals surface area contributed by atoms with Crippen LogP contribution in [0.25, 0.3) is 11.3 Å². The Morgan fingerprint density at radius 3 is 2.57 bits per heavy atom. The molecule has 0 unspecified atom stereocenters. The second kappa shape index (κ2) is 6.65. The zero-order valence-corrected chi connectivity index (χ0v) is 13.0. The van der Waals surface area contributed by atoms with Gasteiger partial charge in [0.1, 0.15) is 17.4 Å². The lowest BCUT2D eigenvalue weighted by molar-refractivity contribution is -0.117. The van der Waals surface area contributed by atoms with Gasteiger partial charge in [-0.25, -0.2) is 4.39 Å². The maximum Gasteiger partial charge on any atom is 0.130 e. The number of rotatable bonds is 6. The van der Waals surface area contributed by atoms with E-state index >= 15 is 0 Å². The molecular formula is C19H18FNO2. The molecule has 0 N–H and O–H groups in total. The first kappa shape index (κ1) is 15.3. The maximum absolute atomic E-state index is 13.2. The third-order valence-electron chi connectivity index (χ3n) is 3.84. The number of hydrogen-bond acceptors (Lipinski definition) is 2. The minimum atomic E-state index is -0.255. The number of carbonyl (C=O) groups excluding carboxylic acids is 1. The molecule has 4 heteroatoms. The first-order valence-electron chi connectivity index (χ1n) is 7.59. The normalized spacial score (nSPS) is 10.9. The molecule has 0 aliphatic carbocycles. The van der Waals surface area contributed by atoms with E-state index in [0.717, 1.165) is 22.7 Å². The Morgan fingerprint density at radius 1 is 1.13 bits per heavy atom. The van der Waals surface area contributed by atoms with Crippen LogP contribution in [0.15, 0.2) is 59.2 Å². The van der Waals surface area contributed by atoms with Crippen LogP contribution in [0.2, 0.25) is 0 Å². The van der Waals surface area contributed by atoms with Crippen LogP contribution in [0.4, 0.5) is 4.39 Å². The molecule has 0 spiro atoms. The van der Waals surface area contributed by atoms with E-state index in [9.17, 15) is 9.18 Å². The summed E-state index contributed by atoms with van der Waals surface area (Å²) in [5.74, 6) is 0.752. The average molecular weight is 311 g/mol. The van der Waals surface area contributed by atoms with Gasteiger partial charge in [-0.15, -0.1) is 0 Å². The molecular weight excluding hydrogens is 293 g/mol. The van der Waals surface area contributed by atoms with E-state index in [1.165, 1.54) is 12.1 Å². The fourth-order valence-corrected chi connectivity index (χ4v) is 2.65. The number of nitrogens with zero attached hydrogens (tertiary/aromatic N) is 1. The Labute approximate surface area is 134 Å². The van der Waals surface area contributed by atoms with Crippen molar-refractivity contribution >= 4 is 5.78 Å². The van der Waals surface area contributed by atoms with Gasteiger partial charge in [-0.3, -0.25) is 0 Å². The number of benzene rings is 1. The van der Waals surface area contributed by atoms with Crippen molar-refractivity contribution in [3.05, 3.63) is 72.1 Å². The van der Waals surface area contributed by atoms with Crippen LogP contribution in [-0.4, -0.2) is 10.4 Å². The lowest BCUT2D eigenvalue weighted by Gasteiger charge is -2.12. The van der Waals surface area contributed by atoms with Gasteiger partial charge in [0.05, 0.1) is 12.8 Å². The van der Waals surface area contributed by atoms with Gasteiger partial charge >= 0.3 is 0 Å². The average Bonchev–Trinajstić information content (AvgIpc) is 3.17. The molecule has 0 atom stereocenters. The molecule has 1 aromatic carbocycles. The molecule has 3 rings (SSSR count). The largest absolute Gasteiger partial charge is 0.467 e. The molecule has 3 aromatic rings. The van der Waals surface area contributed by atoms with Crippen LogP contribution in [-0.2, 0) is 17.8 Å². The van der Waals surface area contributed by atoms with Gasteiger partial charge < -0.3 is 13.8 Å². The second-order valence-corrected chi connectivity index (χ2v) is 5.58. The fourth-order valence-electron chi connectivity index (χ4n) is 2.65. The van der Waals surface area contributed by atoms with Crippen molar-refractivity contribution in [1.82, 2.24) is 4.57 Å². The first-order valence-corrected chi connectivity index (χ1v) is 7.59. The van der Waals surface area contributed by atoms with E-state index in [0.29, 0.717) is 19.4 Å². The third-order valence-corrected chi connectivity index (χ3v) is 3.84. The highest BCUT2D eigenvalue weighted by Crippen LogP contribution is 2.25. The summed E-state index contributed by atoms with van der Waals surface area (Å²) >= 11 is 0. The van der Waals surface area contributed by atoms with Crippen LogP contribution in [0.5, 0.6) is 0 Å². The summed E-state index contributed by atoms with van der Waals surface area (Å²) in [6, 6.07) is 14.2. The van der Waals surface area contributed by atoms with Gasteiger partial charge in [0.25, 0.3) is 0 Å². The Balaban J connectivity index is 1.97. The molecule has 3 nitrogen and oxygen atoms in total. The van der Waals surface area contributed by atoms with E-state index in [1.54, 1.807) is 25.3 Å². The molecule has 0 aliphatic heterocycles. The minimum absolute atomic E-state index is 0.166. The van der Waals surface area contributed by atoms with Gasteiger partial charge in [0.2, 0.25) is 0 Å². The number of furan rings is 1. The van der Waals surface area contributed by atoms with Crippen molar-refractivity contribution in [2.24, 2.45) is 0 Å². The molecule has 118 valence electrons. The summed E-state index contributed by atoms with van der Waals surface area (Å²) < 4.78 is 20.7. The SMILES string of the molecule is CC(=O)CCc1ccc(-c2ccc(F)cc2)n1Cc1ccco1. The van der Waals surface area contributed by atoms with Crippen molar-refractivity contribution in [2.45, 2.75) is 26.3 Å². The molecule has 0 aliphatic rings. The topological polar surface area (TPSA) is 35.1 Å². The van der Waals surface area contributed by atoms with Gasteiger partial charge in [-0.05, 0) is 67.4 Å². The summed E-state index contributed by atoms with van der Waals surface area (Å²) in [5, 5.41) is 0. The molecule has 0 fully saturated rings. The van der Waals surface area contributed by atoms with Crippen molar-refractivity contribution in [3.63, 3.8) is 0 Å². The van der Waals surface area contributed by atoms with E-state index in [-0.39, 0.29) is 11.6 Å². The fraction of sp³-hybridized carbons (Fsp3) is 0.211. The molecule has 2 aromatic heterocycles. The van der Waals surface area contributed by atoms with Gasteiger partial charge in [-0.2, -0.15) is 0 Å². The maximum atomic E-state index is 13.2. The first-order chi connectivity index (χ1) is 11.1. The van der Waals surface area contributed by atoms with Gasteiger partial charge in [0, 0.05) is 17.8 Å². The molecule has 0 radical (unpaired) electrons. The highest BCUT2D eigenvalue weighted by molar-refractivity contribution is 5.75. The minimum Gasteiger partial charge on any atom is -0.467 e. The Kier molecular flexibility index (Phi) is 4.42. The van der Waals surface area contributed by atoms with E-state index in [1.807, 2.05) is 24.3 Å². The number of halogens is 1. The number of aryl methyl sites for hydroxylation is 1. The van der Waals surface area contributed by atoms with Gasteiger partial charge in [0.15, 0.2) is 0 Å². The van der Waals surface area contributed by atoms with Crippen LogP contribution >= 0.6 is 0 Å². The molecule has 23 heavy (non-hydrogen) atoms. The molecule has 0 amide bonds. The van der Waals surface area contributed by atoms with E-state index in [4.69, 9.17) is 4.42 Å². The second-order valence-electron chi connectivity index (χ2n) is 5.58. The summed E-state index contributed by atoms with van der Waals surface area (Å²) in [6.45, 7) is 2.18. The summed E-state index contributed by atoms with van der Waals surface area (Å²) in [7, 11) is 0. The molecule has 2 heterocycles. The van der Waals surface area contributed by atoms with Crippen LogP contribution in [0, 0.1) is 5.82 Å². The van der Waals surface area contributed by atoms with E-state index in [2.05, 4.69) is 4.57 Å². The standard InChI is InChI=1S/C19H18FNO2/c1-14(22)4-9-17-10-11-19(15-5-7-16(20)8-6-15)21(17)13-18-3-2-12-23-18/h2-3,5-8,10-12H,4,9,13H2,1H3. The molecule has 0 saturated heterocycles. The summed E-state index contributed by atoms with van der Waals surface area (Å²) in [4.78, 5) is 11.3. The smallest absolute Gasteiger partial charge is 0.130 e. The predicted molar refractivity (Wildman–Crippen MR) is 86.6 cm³/mol. The van der Waals surface area contributed by atoms with Gasteiger partial charge in [-0.1, -0.05) is 0 Å². The number of Topliss-reactive ketones (excluding diaryl/α,β-unsaturated/α-hetero) is 1. The third kappa shape index (κ3) is 3.59. The number of ketones is 1. The lowest BCUT2D eigenvalue weighted by atomic mass is 10.1. The van der Waals surface area contributed by atoms with Crippen molar-refractivity contribution in [3.8, 4) is 11.3 Å². The van der Waals surface area contributed by atoms with Crippen LogP contribution < -0.4 is 0 Å². The Hall–Kier alpha value is -2.62. The molecule has 0 bridgehead atoms. The van der Waals surface area contributed by atoms with Crippen molar-refractivity contribution in [1.29, 1.82) is 0 Å². The number of aromatic nitrogens is 1. The van der Waals surface area contributed by atoms with E-state index < -0.39 is 0 Å². The van der Waals surface area contributed by atoms with Crippen LogP contribution in [0.3, 0.4) is 0 Å². The Bertz CT molecular complexity index is 785. The number of hydrogen-bond donors (Lipinski definition) is 0. The summed E-state index contributed by atoms with van der Waals surface area (Å²) in [5.41, 5.74) is 2.99. The zero-order valence-electron chi connectivity index (χ0n) is 13.0. The zero-order chi connectivity index (χ0) is 16.2. The van der Waals surface area contributed by atoms with Crippen molar-refractivity contribution < 1.29 is 13.6 Å². The predicted octanol–water partition coefficient (Wildman–Crippen LogP) is 4.46. The summed E-state index contributed by atoms with van der Waals surface area (Å²) in [6.07, 6.45) is 2.83. The highest BCUT2D eigenvalue weighted by atomic mass is 19.1. The van der Waals surface area contributed by atoms with Crippen molar-refractivity contribution in [2.75, 3.05) is 0 Å². The quantitative estimate of drug-likeness (QED) is 0.674. The Morgan fingerprint density at radius 2 is 1.91 bits per heavy atom. The number of carbonyl (C=O) groups is 1. The van der Waals surface area contributed by atoms with Crippen LogP contribution in [0.1, 0.15) is 24.8 Å². The monoisotopic (exact) mass is 311 g/mol. The highest BCUT2D eigenvalue weighted by Gasteiger charge is 2.12. The lowest BCUT2D eigenvalue weighted by Crippen LogP contribution is -2.07. The molecule has 0 saturated carbocycles.